The fraction of sp³-hybridized carbons (Fsp3) is 0.0952. The maximum absolute atomic E-state index is 12.0. The number of carbonyl (C=O) groups is 1. The van der Waals surface area contributed by atoms with Crippen LogP contribution in [-0.2, 0) is 0 Å². The zero-order valence-corrected chi connectivity index (χ0v) is 18.9. The predicted molar refractivity (Wildman–Crippen MR) is 127 cm³/mol. The molecule has 3 N–H and O–H groups in total. The van der Waals surface area contributed by atoms with E-state index in [0.29, 0.717) is 5.56 Å². The van der Waals surface area contributed by atoms with Crippen molar-refractivity contribution in [3.8, 4) is 0 Å². The predicted octanol–water partition coefficient (Wildman–Crippen LogP) is 6.03. The molecule has 3 nitrogen and oxygen atoms in total. The second kappa shape index (κ2) is 9.91. The lowest BCUT2D eigenvalue weighted by Crippen LogP contribution is -2.12. The van der Waals surface area contributed by atoms with Crippen LogP contribution >= 0.6 is 45.2 Å². The molecule has 0 atom stereocenters. The van der Waals surface area contributed by atoms with E-state index in [1.54, 1.807) is 12.1 Å². The average molecular weight is 570 g/mol. The fourth-order valence-electron chi connectivity index (χ4n) is 2.12. The molecule has 0 radical (unpaired) electrons. The van der Waals surface area contributed by atoms with E-state index in [4.69, 9.17) is 5.73 Å². The summed E-state index contributed by atoms with van der Waals surface area (Å²) in [5.41, 5.74) is 10.2. The Morgan fingerprint density at radius 2 is 1.42 bits per heavy atom. The normalized spacial score (nSPS) is 9.85. The number of carbonyl (C=O) groups excluding carboxylic acids is 1. The van der Waals surface area contributed by atoms with Crippen molar-refractivity contribution in [1.82, 2.24) is 0 Å². The largest absolute Gasteiger partial charge is 0.398 e. The third-order valence-electron chi connectivity index (χ3n) is 3.73. The Kier molecular flexibility index (Phi) is 7.89. The van der Waals surface area contributed by atoms with Crippen LogP contribution in [-0.4, -0.2) is 5.91 Å². The van der Waals surface area contributed by atoms with Crippen molar-refractivity contribution in [2.24, 2.45) is 0 Å². The quantitative estimate of drug-likeness (QED) is 0.292. The van der Waals surface area contributed by atoms with E-state index in [1.165, 1.54) is 3.57 Å². The molecule has 3 aromatic carbocycles. The van der Waals surface area contributed by atoms with Crippen LogP contribution < -0.4 is 11.1 Å². The highest BCUT2D eigenvalue weighted by atomic mass is 127. The maximum atomic E-state index is 12.0. The molecule has 0 aliphatic carbocycles. The summed E-state index contributed by atoms with van der Waals surface area (Å²) in [5, 5.41) is 2.92. The first-order chi connectivity index (χ1) is 12.4. The topological polar surface area (TPSA) is 55.1 Å². The van der Waals surface area contributed by atoms with Gasteiger partial charge in [-0.2, -0.15) is 0 Å². The van der Waals surface area contributed by atoms with Gasteiger partial charge in [-0.05, 0) is 107 Å². The Morgan fingerprint density at radius 1 is 0.846 bits per heavy atom. The van der Waals surface area contributed by atoms with Gasteiger partial charge >= 0.3 is 0 Å². The molecule has 3 rings (SSSR count). The molecule has 1 amide bonds. The second-order valence-corrected chi connectivity index (χ2v) is 8.27. The van der Waals surface area contributed by atoms with Crippen molar-refractivity contribution in [2.75, 3.05) is 11.1 Å². The van der Waals surface area contributed by atoms with Crippen molar-refractivity contribution in [2.45, 2.75) is 13.8 Å². The number of aryl methyl sites for hydroxylation is 2. The third kappa shape index (κ3) is 6.28. The number of hydrogen-bond acceptors (Lipinski definition) is 2. The number of nitrogen functional groups attached to an aromatic ring is 1. The summed E-state index contributed by atoms with van der Waals surface area (Å²) in [4.78, 5) is 12.0. The van der Waals surface area contributed by atoms with Crippen LogP contribution in [0.4, 0.5) is 11.4 Å². The molecule has 0 bridgehead atoms. The zero-order chi connectivity index (χ0) is 19.1. The minimum atomic E-state index is -0.0734. The van der Waals surface area contributed by atoms with Crippen molar-refractivity contribution in [3.63, 3.8) is 0 Å². The van der Waals surface area contributed by atoms with Gasteiger partial charge in [0.1, 0.15) is 0 Å². The number of anilines is 2. The molecule has 0 heterocycles. The lowest BCUT2D eigenvalue weighted by molar-refractivity contribution is 0.102. The van der Waals surface area contributed by atoms with E-state index in [0.717, 1.165) is 26.1 Å². The monoisotopic (exact) mass is 570 g/mol. The fourth-order valence-corrected chi connectivity index (χ4v) is 3.13. The van der Waals surface area contributed by atoms with Gasteiger partial charge in [0.15, 0.2) is 0 Å². The SMILES string of the molecule is Cc1ccc(I)cc1N.Cc1ccc(I)cc1NC(=O)c1ccccc1. The molecule has 0 aliphatic heterocycles. The van der Waals surface area contributed by atoms with Crippen molar-refractivity contribution in [1.29, 1.82) is 0 Å². The Bertz CT molecular complexity index is 896. The highest BCUT2D eigenvalue weighted by Crippen LogP contribution is 2.19. The van der Waals surface area contributed by atoms with Crippen LogP contribution in [0, 0.1) is 21.0 Å². The van der Waals surface area contributed by atoms with E-state index in [-0.39, 0.29) is 5.91 Å². The van der Waals surface area contributed by atoms with Gasteiger partial charge in [0, 0.05) is 24.1 Å². The van der Waals surface area contributed by atoms with E-state index in [1.807, 2.05) is 68.4 Å². The zero-order valence-electron chi connectivity index (χ0n) is 14.6. The van der Waals surface area contributed by atoms with Gasteiger partial charge in [0.25, 0.3) is 5.91 Å². The molecule has 0 aromatic heterocycles. The summed E-state index contributed by atoms with van der Waals surface area (Å²) in [6, 6.07) is 21.3. The van der Waals surface area contributed by atoms with Gasteiger partial charge in [-0.15, -0.1) is 0 Å². The molecule has 5 heteroatoms. The third-order valence-corrected chi connectivity index (χ3v) is 5.07. The molecule has 0 spiro atoms. The number of halogens is 2. The number of hydrogen-bond donors (Lipinski definition) is 2. The molecular formula is C21H20I2N2O. The van der Waals surface area contributed by atoms with Crippen molar-refractivity contribution in [3.05, 3.63) is 90.6 Å². The number of amides is 1. The highest BCUT2D eigenvalue weighted by molar-refractivity contribution is 14.1. The van der Waals surface area contributed by atoms with Gasteiger partial charge in [-0.3, -0.25) is 4.79 Å². The first kappa shape index (κ1) is 20.7. The molecular weight excluding hydrogens is 550 g/mol. The smallest absolute Gasteiger partial charge is 0.255 e. The van der Waals surface area contributed by atoms with E-state index >= 15 is 0 Å². The second-order valence-electron chi connectivity index (χ2n) is 5.78. The van der Waals surface area contributed by atoms with E-state index < -0.39 is 0 Å². The average Bonchev–Trinajstić information content (AvgIpc) is 2.63. The van der Waals surface area contributed by atoms with Gasteiger partial charge in [0.2, 0.25) is 0 Å². The van der Waals surface area contributed by atoms with Crippen LogP contribution in [0.2, 0.25) is 0 Å². The lowest BCUT2D eigenvalue weighted by Gasteiger charge is -2.08. The highest BCUT2D eigenvalue weighted by Gasteiger charge is 2.07. The Morgan fingerprint density at radius 3 is 2.00 bits per heavy atom. The molecule has 26 heavy (non-hydrogen) atoms. The number of rotatable bonds is 2. The van der Waals surface area contributed by atoms with Crippen LogP contribution in [0.15, 0.2) is 66.7 Å². The minimum Gasteiger partial charge on any atom is -0.398 e. The Hall–Kier alpha value is -1.61. The first-order valence-corrected chi connectivity index (χ1v) is 10.2. The molecule has 0 saturated heterocycles. The van der Waals surface area contributed by atoms with Crippen LogP contribution in [0.5, 0.6) is 0 Å². The molecule has 0 aliphatic rings. The van der Waals surface area contributed by atoms with Crippen LogP contribution in [0.1, 0.15) is 21.5 Å². The van der Waals surface area contributed by atoms with Crippen molar-refractivity contribution >= 4 is 62.5 Å². The molecule has 134 valence electrons. The maximum Gasteiger partial charge on any atom is 0.255 e. The minimum absolute atomic E-state index is 0.0734. The number of benzene rings is 3. The summed E-state index contributed by atoms with van der Waals surface area (Å²) in [5.74, 6) is -0.0734. The summed E-state index contributed by atoms with van der Waals surface area (Å²) in [7, 11) is 0. The first-order valence-electron chi connectivity index (χ1n) is 8.01. The lowest BCUT2D eigenvalue weighted by atomic mass is 10.1. The summed E-state index contributed by atoms with van der Waals surface area (Å²) in [6.45, 7) is 3.99. The number of nitrogens with two attached hydrogens (primary N) is 1. The van der Waals surface area contributed by atoms with Crippen molar-refractivity contribution < 1.29 is 4.79 Å². The Labute approximate surface area is 181 Å². The molecule has 0 unspecified atom stereocenters. The molecule has 0 saturated carbocycles. The van der Waals surface area contributed by atoms with Gasteiger partial charge in [-0.25, -0.2) is 0 Å². The van der Waals surface area contributed by atoms with Gasteiger partial charge < -0.3 is 11.1 Å². The summed E-state index contributed by atoms with van der Waals surface area (Å²) in [6.07, 6.45) is 0. The van der Waals surface area contributed by atoms with Crippen LogP contribution in [0.25, 0.3) is 0 Å². The molecule has 0 fully saturated rings. The Balaban J connectivity index is 0.000000228. The standard InChI is InChI=1S/C14H12INO.C7H8IN/c1-10-7-8-12(15)9-13(10)16-14(17)11-5-3-2-4-6-11;1-5-2-3-6(8)4-7(5)9/h2-9H,1H3,(H,16,17);2-4H,9H2,1H3. The van der Waals surface area contributed by atoms with E-state index in [9.17, 15) is 4.79 Å². The molecule has 3 aromatic rings. The van der Waals surface area contributed by atoms with Crippen LogP contribution in [0.3, 0.4) is 0 Å². The van der Waals surface area contributed by atoms with E-state index in [2.05, 4.69) is 50.5 Å². The summed E-state index contributed by atoms with van der Waals surface area (Å²) < 4.78 is 2.30. The number of nitrogens with one attached hydrogen (secondary N) is 1. The van der Waals surface area contributed by atoms with Gasteiger partial charge in [0.05, 0.1) is 0 Å². The van der Waals surface area contributed by atoms with Gasteiger partial charge in [-0.1, -0.05) is 30.3 Å². The summed E-state index contributed by atoms with van der Waals surface area (Å²) >= 11 is 4.47.